The zero-order valence-corrected chi connectivity index (χ0v) is 10.6. The number of anilines is 1. The molecule has 0 bridgehead atoms. The first-order chi connectivity index (χ1) is 9.24. The van der Waals surface area contributed by atoms with Crippen LogP contribution in [0.3, 0.4) is 0 Å². The lowest BCUT2D eigenvalue weighted by Gasteiger charge is -2.11. The first-order valence-corrected chi connectivity index (χ1v) is 5.72. The van der Waals surface area contributed by atoms with Gasteiger partial charge in [-0.2, -0.15) is 5.10 Å². The summed E-state index contributed by atoms with van der Waals surface area (Å²) in [7, 11) is 1.56. The van der Waals surface area contributed by atoms with Crippen LogP contribution < -0.4 is 14.8 Å². The molecule has 0 fully saturated rings. The van der Waals surface area contributed by atoms with Crippen molar-refractivity contribution in [2.24, 2.45) is 0 Å². The monoisotopic (exact) mass is 262 g/mol. The van der Waals surface area contributed by atoms with Gasteiger partial charge in [-0.15, -0.1) is 0 Å². The summed E-state index contributed by atoms with van der Waals surface area (Å²) in [6.45, 7) is 2.38. The fourth-order valence-electron chi connectivity index (χ4n) is 1.53. The van der Waals surface area contributed by atoms with Crippen molar-refractivity contribution < 1.29 is 14.3 Å². The van der Waals surface area contributed by atoms with Crippen molar-refractivity contribution in [2.45, 2.75) is 6.92 Å². The summed E-state index contributed by atoms with van der Waals surface area (Å²) in [4.78, 5) is 15.6. The van der Waals surface area contributed by atoms with Gasteiger partial charge in [0.05, 0.1) is 13.7 Å². The number of rotatable bonds is 5. The minimum absolute atomic E-state index is 0.147. The van der Waals surface area contributed by atoms with Crippen LogP contribution in [0.4, 0.5) is 5.69 Å². The number of H-pyrrole nitrogens is 1. The quantitative estimate of drug-likeness (QED) is 0.851. The molecule has 0 aliphatic rings. The number of carbonyl (C=O) groups is 1. The Morgan fingerprint density at radius 1 is 1.42 bits per heavy atom. The normalized spacial score (nSPS) is 10.0. The Morgan fingerprint density at radius 2 is 2.26 bits per heavy atom. The minimum Gasteiger partial charge on any atom is -0.493 e. The standard InChI is InChI=1S/C12H14N4O3/c1-3-19-10-6-8(4-5-9(10)18-2)15-12(17)11-13-7-14-16-11/h4-7H,3H2,1-2H3,(H,15,17)(H,13,14,16). The number of carbonyl (C=O) groups excluding carboxylic acids is 1. The molecule has 1 aromatic carbocycles. The molecule has 0 unspecified atom stereocenters. The van der Waals surface area contributed by atoms with Gasteiger partial charge >= 0.3 is 0 Å². The molecule has 0 spiro atoms. The fraction of sp³-hybridized carbons (Fsp3) is 0.250. The van der Waals surface area contributed by atoms with E-state index in [4.69, 9.17) is 9.47 Å². The average molecular weight is 262 g/mol. The van der Waals surface area contributed by atoms with E-state index in [0.29, 0.717) is 23.8 Å². The predicted octanol–water partition coefficient (Wildman–Crippen LogP) is 1.46. The van der Waals surface area contributed by atoms with Crippen molar-refractivity contribution >= 4 is 11.6 Å². The molecule has 0 aliphatic heterocycles. The van der Waals surface area contributed by atoms with Gasteiger partial charge in [0.2, 0.25) is 5.82 Å². The van der Waals surface area contributed by atoms with Gasteiger partial charge in [0.25, 0.3) is 5.91 Å². The molecule has 2 N–H and O–H groups in total. The van der Waals surface area contributed by atoms with E-state index in [1.807, 2.05) is 6.92 Å². The summed E-state index contributed by atoms with van der Waals surface area (Å²) in [6, 6.07) is 5.13. The van der Waals surface area contributed by atoms with Gasteiger partial charge in [-0.05, 0) is 19.1 Å². The predicted molar refractivity (Wildman–Crippen MR) is 68.5 cm³/mol. The highest BCUT2D eigenvalue weighted by atomic mass is 16.5. The highest BCUT2D eigenvalue weighted by Crippen LogP contribution is 2.30. The molecule has 0 aliphatic carbocycles. The maximum absolute atomic E-state index is 11.8. The Kier molecular flexibility index (Phi) is 3.97. The number of aromatic amines is 1. The minimum atomic E-state index is -0.370. The van der Waals surface area contributed by atoms with Crippen LogP contribution in [0, 0.1) is 0 Å². The molecule has 100 valence electrons. The molecule has 2 rings (SSSR count). The number of aromatic nitrogens is 3. The van der Waals surface area contributed by atoms with Crippen LogP contribution in [0.15, 0.2) is 24.5 Å². The van der Waals surface area contributed by atoms with Crippen LogP contribution in [0.25, 0.3) is 0 Å². The van der Waals surface area contributed by atoms with Crippen LogP contribution in [0.2, 0.25) is 0 Å². The summed E-state index contributed by atoms with van der Waals surface area (Å²) in [5, 5.41) is 8.79. The molecule has 7 heteroatoms. The third kappa shape index (κ3) is 3.01. The number of hydrogen-bond donors (Lipinski definition) is 2. The van der Waals surface area contributed by atoms with Gasteiger partial charge in [-0.25, -0.2) is 4.98 Å². The number of benzene rings is 1. The molecule has 1 heterocycles. The average Bonchev–Trinajstić information content (AvgIpc) is 2.93. The first kappa shape index (κ1) is 12.9. The number of nitrogens with one attached hydrogen (secondary N) is 2. The zero-order valence-electron chi connectivity index (χ0n) is 10.6. The third-order valence-corrected chi connectivity index (χ3v) is 2.35. The zero-order chi connectivity index (χ0) is 13.7. The highest BCUT2D eigenvalue weighted by Gasteiger charge is 2.11. The van der Waals surface area contributed by atoms with E-state index in [1.165, 1.54) is 6.33 Å². The van der Waals surface area contributed by atoms with Crippen LogP contribution in [0.5, 0.6) is 11.5 Å². The van der Waals surface area contributed by atoms with E-state index in [-0.39, 0.29) is 11.7 Å². The van der Waals surface area contributed by atoms with Crippen LogP contribution >= 0.6 is 0 Å². The molecule has 0 atom stereocenters. The lowest BCUT2D eigenvalue weighted by Crippen LogP contribution is -2.13. The topological polar surface area (TPSA) is 89.1 Å². The molecule has 0 radical (unpaired) electrons. The van der Waals surface area contributed by atoms with Crippen molar-refractivity contribution in [3.63, 3.8) is 0 Å². The summed E-state index contributed by atoms with van der Waals surface area (Å²) in [6.07, 6.45) is 1.27. The van der Waals surface area contributed by atoms with Gasteiger partial charge in [-0.1, -0.05) is 0 Å². The number of hydrogen-bond acceptors (Lipinski definition) is 5. The maximum atomic E-state index is 11.8. The largest absolute Gasteiger partial charge is 0.493 e. The van der Waals surface area contributed by atoms with Gasteiger partial charge in [0.1, 0.15) is 6.33 Å². The Balaban J connectivity index is 2.16. The summed E-state index contributed by atoms with van der Waals surface area (Å²) >= 11 is 0. The van der Waals surface area contributed by atoms with E-state index in [2.05, 4.69) is 20.5 Å². The lowest BCUT2D eigenvalue weighted by atomic mass is 10.2. The van der Waals surface area contributed by atoms with Crippen molar-refractivity contribution in [2.75, 3.05) is 19.0 Å². The summed E-state index contributed by atoms with van der Waals surface area (Å²) < 4.78 is 10.6. The second-order valence-corrected chi connectivity index (χ2v) is 3.59. The van der Waals surface area contributed by atoms with Crippen molar-refractivity contribution in [3.8, 4) is 11.5 Å². The van der Waals surface area contributed by atoms with E-state index in [9.17, 15) is 4.79 Å². The lowest BCUT2D eigenvalue weighted by molar-refractivity contribution is 0.101. The fourth-order valence-corrected chi connectivity index (χ4v) is 1.53. The molecule has 0 saturated carbocycles. The molecular formula is C12H14N4O3. The van der Waals surface area contributed by atoms with E-state index < -0.39 is 0 Å². The van der Waals surface area contributed by atoms with Crippen molar-refractivity contribution in [1.29, 1.82) is 0 Å². The Hall–Kier alpha value is -2.57. The number of ether oxygens (including phenoxy) is 2. The summed E-state index contributed by atoms with van der Waals surface area (Å²) in [5.74, 6) is 0.957. The molecule has 2 aromatic rings. The van der Waals surface area contributed by atoms with Crippen LogP contribution in [-0.2, 0) is 0 Å². The molecule has 1 aromatic heterocycles. The van der Waals surface area contributed by atoms with Gasteiger partial charge < -0.3 is 14.8 Å². The third-order valence-electron chi connectivity index (χ3n) is 2.35. The second kappa shape index (κ2) is 5.85. The molecule has 19 heavy (non-hydrogen) atoms. The Bertz CT molecular complexity index is 554. The number of methoxy groups -OCH3 is 1. The van der Waals surface area contributed by atoms with Crippen molar-refractivity contribution in [1.82, 2.24) is 15.2 Å². The second-order valence-electron chi connectivity index (χ2n) is 3.59. The Morgan fingerprint density at radius 3 is 2.89 bits per heavy atom. The molecule has 7 nitrogen and oxygen atoms in total. The first-order valence-electron chi connectivity index (χ1n) is 5.72. The van der Waals surface area contributed by atoms with Crippen LogP contribution in [0.1, 0.15) is 17.5 Å². The van der Waals surface area contributed by atoms with Gasteiger partial charge in [0, 0.05) is 11.8 Å². The smallest absolute Gasteiger partial charge is 0.292 e. The van der Waals surface area contributed by atoms with Gasteiger partial charge in [-0.3, -0.25) is 9.89 Å². The summed E-state index contributed by atoms with van der Waals surface area (Å²) in [5.41, 5.74) is 0.589. The van der Waals surface area contributed by atoms with E-state index in [1.54, 1.807) is 25.3 Å². The SMILES string of the molecule is CCOc1cc(NC(=O)c2ncn[nH]2)ccc1OC. The molecular weight excluding hydrogens is 248 g/mol. The van der Waals surface area contributed by atoms with Crippen LogP contribution in [-0.4, -0.2) is 34.8 Å². The highest BCUT2D eigenvalue weighted by molar-refractivity contribution is 6.01. The van der Waals surface area contributed by atoms with Crippen molar-refractivity contribution in [3.05, 3.63) is 30.4 Å². The van der Waals surface area contributed by atoms with E-state index >= 15 is 0 Å². The Labute approximate surface area is 110 Å². The van der Waals surface area contributed by atoms with Gasteiger partial charge in [0.15, 0.2) is 11.5 Å². The molecule has 0 saturated heterocycles. The van der Waals surface area contributed by atoms with E-state index in [0.717, 1.165) is 0 Å². The maximum Gasteiger partial charge on any atom is 0.292 e. The number of nitrogens with zero attached hydrogens (tertiary/aromatic N) is 2. The molecule has 1 amide bonds. The number of amides is 1.